The van der Waals surface area contributed by atoms with Crippen molar-refractivity contribution < 1.29 is 19.1 Å². The molecule has 22 heavy (non-hydrogen) atoms. The molecule has 0 heterocycles. The van der Waals surface area contributed by atoms with E-state index in [1.165, 1.54) is 17.5 Å². The predicted molar refractivity (Wildman–Crippen MR) is 82.6 cm³/mol. The third-order valence-electron chi connectivity index (χ3n) is 3.79. The zero-order valence-electron chi connectivity index (χ0n) is 13.2. The molecular weight excluding hydrogens is 282 g/mol. The van der Waals surface area contributed by atoms with Crippen LogP contribution in [0.25, 0.3) is 0 Å². The molecule has 1 aliphatic rings. The van der Waals surface area contributed by atoms with Gasteiger partial charge in [0.05, 0.1) is 13.0 Å². The van der Waals surface area contributed by atoms with Crippen molar-refractivity contribution in [3.05, 3.63) is 34.9 Å². The quantitative estimate of drug-likeness (QED) is 0.611. The van der Waals surface area contributed by atoms with E-state index in [9.17, 15) is 9.59 Å². The summed E-state index contributed by atoms with van der Waals surface area (Å²) in [4.78, 5) is 23.6. The second-order valence-corrected chi connectivity index (χ2v) is 5.55. The van der Waals surface area contributed by atoms with Gasteiger partial charge in [-0.2, -0.15) is 0 Å². The van der Waals surface area contributed by atoms with Crippen LogP contribution in [-0.2, 0) is 38.3 Å². The minimum Gasteiger partial charge on any atom is -0.452 e. The number of amides is 1. The van der Waals surface area contributed by atoms with Crippen LogP contribution in [-0.4, -0.2) is 38.2 Å². The summed E-state index contributed by atoms with van der Waals surface area (Å²) in [6.45, 7) is 2.41. The molecule has 2 rings (SSSR count). The number of benzene rings is 1. The van der Waals surface area contributed by atoms with Crippen molar-refractivity contribution in [2.45, 2.75) is 38.7 Å². The van der Waals surface area contributed by atoms with Crippen LogP contribution in [0.3, 0.4) is 0 Å². The van der Waals surface area contributed by atoms with Gasteiger partial charge in [0.25, 0.3) is 5.91 Å². The summed E-state index contributed by atoms with van der Waals surface area (Å²) in [5, 5.41) is 2.65. The van der Waals surface area contributed by atoms with Crippen LogP contribution < -0.4 is 5.32 Å². The van der Waals surface area contributed by atoms with Crippen LogP contribution in [0.1, 0.15) is 30.0 Å². The lowest BCUT2D eigenvalue weighted by Gasteiger charge is -2.13. The van der Waals surface area contributed by atoms with Crippen molar-refractivity contribution in [1.82, 2.24) is 5.32 Å². The van der Waals surface area contributed by atoms with E-state index in [4.69, 9.17) is 9.47 Å². The lowest BCUT2D eigenvalue weighted by Crippen LogP contribution is -2.37. The molecule has 0 unspecified atom stereocenters. The molecular formula is C17H23NO4. The highest BCUT2D eigenvalue weighted by molar-refractivity contribution is 5.83. The minimum absolute atomic E-state index is 0.197. The molecule has 1 atom stereocenters. The van der Waals surface area contributed by atoms with E-state index >= 15 is 0 Å². The van der Waals surface area contributed by atoms with Gasteiger partial charge in [0.1, 0.15) is 0 Å². The molecule has 1 aromatic carbocycles. The van der Waals surface area contributed by atoms with E-state index in [2.05, 4.69) is 17.4 Å². The second kappa shape index (κ2) is 7.94. The number of aryl methyl sites for hydroxylation is 2. The first kappa shape index (κ1) is 16.5. The highest BCUT2D eigenvalue weighted by Gasteiger charge is 2.18. The van der Waals surface area contributed by atoms with Gasteiger partial charge in [0.15, 0.2) is 6.10 Å². The first-order chi connectivity index (χ1) is 10.6. The highest BCUT2D eigenvalue weighted by atomic mass is 16.5. The maximum absolute atomic E-state index is 11.9. The van der Waals surface area contributed by atoms with E-state index in [0.717, 1.165) is 18.4 Å². The number of esters is 1. The zero-order valence-corrected chi connectivity index (χ0v) is 13.2. The fourth-order valence-electron chi connectivity index (χ4n) is 2.61. The topological polar surface area (TPSA) is 64.6 Å². The van der Waals surface area contributed by atoms with Crippen molar-refractivity contribution >= 4 is 11.9 Å². The summed E-state index contributed by atoms with van der Waals surface area (Å²) < 4.78 is 10.0. The van der Waals surface area contributed by atoms with Crippen LogP contribution in [0, 0.1) is 0 Å². The number of hydrogen-bond acceptors (Lipinski definition) is 4. The molecule has 1 N–H and O–H groups in total. The number of carbonyl (C=O) groups is 2. The van der Waals surface area contributed by atoms with Gasteiger partial charge in [-0.15, -0.1) is 0 Å². The third-order valence-corrected chi connectivity index (χ3v) is 3.79. The molecule has 0 saturated carbocycles. The molecule has 1 aromatic rings. The predicted octanol–water partition coefficient (Wildman–Crippen LogP) is 1.41. The lowest BCUT2D eigenvalue weighted by molar-refractivity contribution is -0.154. The SMILES string of the molecule is COCCNC(=O)[C@@H](C)OC(=O)Cc1ccc2c(c1)CCC2. The fraction of sp³-hybridized carbons (Fsp3) is 0.529. The van der Waals surface area contributed by atoms with Crippen molar-refractivity contribution in [2.75, 3.05) is 20.3 Å². The number of ether oxygens (including phenoxy) is 2. The Hall–Kier alpha value is -1.88. The van der Waals surface area contributed by atoms with Crippen LogP contribution in [0.5, 0.6) is 0 Å². The standard InChI is InChI=1S/C17H23NO4/c1-12(17(20)18-8-9-21-2)22-16(19)11-13-6-7-14-4-3-5-15(14)10-13/h6-7,10,12H,3-5,8-9,11H2,1-2H3,(H,18,20)/t12-/m1/s1. The molecule has 120 valence electrons. The Morgan fingerprint density at radius 1 is 1.27 bits per heavy atom. The van der Waals surface area contributed by atoms with Crippen molar-refractivity contribution in [2.24, 2.45) is 0 Å². The smallest absolute Gasteiger partial charge is 0.311 e. The molecule has 0 bridgehead atoms. The summed E-state index contributed by atoms with van der Waals surface area (Å²) in [6, 6.07) is 6.13. The van der Waals surface area contributed by atoms with Gasteiger partial charge < -0.3 is 14.8 Å². The summed E-state index contributed by atoms with van der Waals surface area (Å²) >= 11 is 0. The maximum Gasteiger partial charge on any atom is 0.311 e. The van der Waals surface area contributed by atoms with Gasteiger partial charge in [-0.1, -0.05) is 18.2 Å². The Kier molecular flexibility index (Phi) is 5.95. The average molecular weight is 305 g/mol. The Bertz CT molecular complexity index is 541. The summed E-state index contributed by atoms with van der Waals surface area (Å²) in [6.07, 6.45) is 2.79. The molecule has 1 amide bonds. The highest BCUT2D eigenvalue weighted by Crippen LogP contribution is 2.23. The molecule has 0 saturated heterocycles. The maximum atomic E-state index is 11.9. The van der Waals surface area contributed by atoms with Gasteiger partial charge in [0, 0.05) is 13.7 Å². The number of fused-ring (bicyclic) bond motifs is 1. The van der Waals surface area contributed by atoms with Crippen molar-refractivity contribution in [3.8, 4) is 0 Å². The number of carbonyl (C=O) groups excluding carboxylic acids is 2. The first-order valence-electron chi connectivity index (χ1n) is 7.67. The molecule has 0 aliphatic heterocycles. The first-order valence-corrected chi connectivity index (χ1v) is 7.67. The average Bonchev–Trinajstić information content (AvgIpc) is 2.94. The molecule has 5 nitrogen and oxygen atoms in total. The third kappa shape index (κ3) is 4.56. The van der Waals surface area contributed by atoms with E-state index < -0.39 is 6.10 Å². The van der Waals surface area contributed by atoms with E-state index in [-0.39, 0.29) is 18.3 Å². The number of hydrogen-bond donors (Lipinski definition) is 1. The Morgan fingerprint density at radius 3 is 2.82 bits per heavy atom. The van der Waals surface area contributed by atoms with Gasteiger partial charge in [-0.05, 0) is 42.9 Å². The van der Waals surface area contributed by atoms with Gasteiger partial charge in [-0.25, -0.2) is 0 Å². The number of rotatable bonds is 7. The summed E-state index contributed by atoms with van der Waals surface area (Å²) in [7, 11) is 1.56. The van der Waals surface area contributed by atoms with E-state index in [1.54, 1.807) is 14.0 Å². The molecule has 5 heteroatoms. The largest absolute Gasteiger partial charge is 0.452 e. The number of methoxy groups -OCH3 is 1. The van der Waals surface area contributed by atoms with Crippen molar-refractivity contribution in [3.63, 3.8) is 0 Å². The minimum atomic E-state index is -0.793. The van der Waals surface area contributed by atoms with Crippen molar-refractivity contribution in [1.29, 1.82) is 0 Å². The molecule has 0 aromatic heterocycles. The van der Waals surface area contributed by atoms with Crippen LogP contribution in [0.4, 0.5) is 0 Å². The molecule has 0 spiro atoms. The van der Waals surface area contributed by atoms with E-state index in [0.29, 0.717) is 13.2 Å². The monoisotopic (exact) mass is 305 g/mol. The molecule has 0 radical (unpaired) electrons. The number of nitrogens with one attached hydrogen (secondary N) is 1. The zero-order chi connectivity index (χ0) is 15.9. The van der Waals surface area contributed by atoms with E-state index in [1.807, 2.05) is 6.07 Å². The molecule has 0 fully saturated rings. The van der Waals surface area contributed by atoms with Gasteiger partial charge in [-0.3, -0.25) is 9.59 Å². The second-order valence-electron chi connectivity index (χ2n) is 5.55. The molecule has 1 aliphatic carbocycles. The van der Waals surface area contributed by atoms with Gasteiger partial charge in [0.2, 0.25) is 0 Å². The Labute approximate surface area is 131 Å². The Morgan fingerprint density at radius 2 is 2.05 bits per heavy atom. The summed E-state index contributed by atoms with van der Waals surface area (Å²) in [5.74, 6) is -0.688. The fourth-order valence-corrected chi connectivity index (χ4v) is 2.61. The van der Waals surface area contributed by atoms with Crippen LogP contribution in [0.15, 0.2) is 18.2 Å². The normalized spacial score (nSPS) is 14.3. The van der Waals surface area contributed by atoms with Gasteiger partial charge >= 0.3 is 5.97 Å². The van der Waals surface area contributed by atoms with Crippen LogP contribution >= 0.6 is 0 Å². The summed E-state index contributed by atoms with van der Waals surface area (Å²) in [5.41, 5.74) is 3.65. The lowest BCUT2D eigenvalue weighted by atomic mass is 10.0. The Balaban J connectivity index is 1.81. The van der Waals surface area contributed by atoms with Crippen LogP contribution in [0.2, 0.25) is 0 Å².